The van der Waals surface area contributed by atoms with Gasteiger partial charge in [0.1, 0.15) is 12.6 Å². The minimum Gasteiger partial charge on any atom is -0.384 e. The Morgan fingerprint density at radius 2 is 1.94 bits per heavy atom. The number of hydrogen-bond donors (Lipinski definition) is 2. The molecule has 162 valence electrons. The minimum absolute atomic E-state index is 0.114. The van der Waals surface area contributed by atoms with Crippen LogP contribution in [0.25, 0.3) is 10.8 Å². The van der Waals surface area contributed by atoms with Crippen molar-refractivity contribution in [2.45, 2.75) is 10.8 Å². The summed E-state index contributed by atoms with van der Waals surface area (Å²) < 4.78 is 29.3. The largest absolute Gasteiger partial charge is 0.384 e. The first-order chi connectivity index (χ1) is 14.7. The second kappa shape index (κ2) is 9.32. The fraction of sp³-hybridized carbons (Fsp3) is 0.190. The third kappa shape index (κ3) is 5.12. The van der Waals surface area contributed by atoms with Crippen molar-refractivity contribution < 1.29 is 13.2 Å². The van der Waals surface area contributed by atoms with Gasteiger partial charge in [0.15, 0.2) is 0 Å². The number of sulfonamides is 1. The van der Waals surface area contributed by atoms with Gasteiger partial charge in [0.2, 0.25) is 0 Å². The zero-order valence-electron chi connectivity index (χ0n) is 16.9. The van der Waals surface area contributed by atoms with E-state index in [9.17, 15) is 18.0 Å². The van der Waals surface area contributed by atoms with E-state index in [2.05, 4.69) is 14.7 Å². The van der Waals surface area contributed by atoms with Crippen LogP contribution in [-0.4, -0.2) is 51.6 Å². The Bertz CT molecular complexity index is 1300. The van der Waals surface area contributed by atoms with Crippen molar-refractivity contribution >= 4 is 50.7 Å². The smallest absolute Gasteiger partial charge is 0.284 e. The number of rotatable bonds is 8. The molecule has 0 aliphatic heterocycles. The molecule has 0 saturated heterocycles. The van der Waals surface area contributed by atoms with Crippen molar-refractivity contribution in [3.8, 4) is 0 Å². The molecule has 3 aromatic rings. The van der Waals surface area contributed by atoms with E-state index in [0.29, 0.717) is 16.3 Å². The van der Waals surface area contributed by atoms with Gasteiger partial charge in [0, 0.05) is 42.9 Å². The van der Waals surface area contributed by atoms with Gasteiger partial charge < -0.3 is 20.0 Å². The highest BCUT2D eigenvalue weighted by molar-refractivity contribution is 7.90. The van der Waals surface area contributed by atoms with Crippen molar-refractivity contribution in [3.63, 3.8) is 0 Å². The molecule has 1 heterocycles. The van der Waals surface area contributed by atoms with Gasteiger partial charge >= 0.3 is 0 Å². The molecule has 0 spiro atoms. The van der Waals surface area contributed by atoms with Gasteiger partial charge in [-0.25, -0.2) is 0 Å². The maximum atomic E-state index is 12.8. The van der Waals surface area contributed by atoms with Gasteiger partial charge in [-0.15, -0.1) is 4.40 Å². The number of halogens is 1. The fourth-order valence-corrected chi connectivity index (χ4v) is 4.46. The van der Waals surface area contributed by atoms with E-state index >= 15 is 0 Å². The fourth-order valence-electron chi connectivity index (χ4n) is 3.03. The lowest BCUT2D eigenvalue weighted by atomic mass is 10.0. The first-order valence-electron chi connectivity index (χ1n) is 9.29. The molecule has 0 aliphatic carbocycles. The van der Waals surface area contributed by atoms with E-state index in [4.69, 9.17) is 11.6 Å². The number of aromatic nitrogens is 1. The zero-order valence-corrected chi connectivity index (χ0v) is 18.4. The molecule has 0 radical (unpaired) electrons. The topological polar surface area (TPSA) is 112 Å². The van der Waals surface area contributed by atoms with Crippen LogP contribution in [0.3, 0.4) is 0 Å². The molecule has 0 aliphatic rings. The Balaban J connectivity index is 2.04. The van der Waals surface area contributed by atoms with Crippen molar-refractivity contribution in [1.29, 1.82) is 0 Å². The number of fused-ring (bicyclic) bond motifs is 1. The number of nitrogens with one attached hydrogen (secondary N) is 2. The van der Waals surface area contributed by atoms with E-state index in [-0.39, 0.29) is 22.2 Å². The molecular formula is C21H21ClN4O4S. The first-order valence-corrected chi connectivity index (χ1v) is 11.1. The maximum Gasteiger partial charge on any atom is 0.284 e. The summed E-state index contributed by atoms with van der Waals surface area (Å²) in [7, 11) is -0.786. The lowest BCUT2D eigenvalue weighted by Crippen LogP contribution is -2.16. The van der Waals surface area contributed by atoms with E-state index in [1.165, 1.54) is 35.6 Å². The molecule has 0 fully saturated rings. The number of carbonyl (C=O) groups excluding carboxylic acids is 1. The van der Waals surface area contributed by atoms with Gasteiger partial charge in [-0.3, -0.25) is 4.79 Å². The van der Waals surface area contributed by atoms with Crippen LogP contribution in [0.4, 0.5) is 5.69 Å². The Labute approximate surface area is 184 Å². The predicted molar refractivity (Wildman–Crippen MR) is 123 cm³/mol. The van der Waals surface area contributed by atoms with Crippen LogP contribution in [0.5, 0.6) is 0 Å². The van der Waals surface area contributed by atoms with Crippen molar-refractivity contribution in [3.05, 3.63) is 69.6 Å². The molecule has 1 unspecified atom stereocenters. The van der Waals surface area contributed by atoms with Gasteiger partial charge in [0.25, 0.3) is 15.6 Å². The third-order valence-electron chi connectivity index (χ3n) is 4.54. The molecule has 8 nitrogen and oxygen atoms in total. The molecular weight excluding hydrogens is 440 g/mol. The number of anilines is 1. The summed E-state index contributed by atoms with van der Waals surface area (Å²) in [6.45, 7) is 0.157. The van der Waals surface area contributed by atoms with Gasteiger partial charge in [-0.1, -0.05) is 29.8 Å². The average molecular weight is 461 g/mol. The van der Waals surface area contributed by atoms with Crippen LogP contribution in [-0.2, 0) is 14.8 Å². The highest BCUT2D eigenvalue weighted by Gasteiger charge is 2.20. The van der Waals surface area contributed by atoms with Gasteiger partial charge in [-0.2, -0.15) is 8.42 Å². The second-order valence-corrected chi connectivity index (χ2v) is 9.05. The number of aromatic amines is 1. The normalized spacial score (nSPS) is 12.7. The molecule has 0 bridgehead atoms. The number of nitrogens with zero attached hydrogens (tertiary/aromatic N) is 2. The molecule has 31 heavy (non-hydrogen) atoms. The third-order valence-corrected chi connectivity index (χ3v) is 6.15. The standard InChI is InChI=1S/C21H21ClN4O4S/c1-26(2)13-25-31(29,30)20-10-15(9-18-17(20)7-8-23-21(18)28)24-11-14(12-27)16-5-3-4-6-19(16)22/h3-10,12-14,24H,11H2,1-2H3,(H,23,28). The molecule has 1 atom stereocenters. The Kier molecular flexibility index (Phi) is 6.77. The van der Waals surface area contributed by atoms with Crippen molar-refractivity contribution in [2.75, 3.05) is 26.0 Å². The van der Waals surface area contributed by atoms with E-state index in [1.807, 2.05) is 0 Å². The molecule has 2 aromatic carbocycles. The van der Waals surface area contributed by atoms with Gasteiger partial charge in [0.05, 0.1) is 16.2 Å². The van der Waals surface area contributed by atoms with Crippen LogP contribution in [0.1, 0.15) is 11.5 Å². The molecule has 2 N–H and O–H groups in total. The van der Waals surface area contributed by atoms with Crippen molar-refractivity contribution in [2.24, 2.45) is 4.40 Å². The van der Waals surface area contributed by atoms with Crippen LogP contribution in [0.15, 0.2) is 62.7 Å². The predicted octanol–water partition coefficient (Wildman–Crippen LogP) is 2.85. The Morgan fingerprint density at radius 3 is 2.61 bits per heavy atom. The van der Waals surface area contributed by atoms with Crippen molar-refractivity contribution in [1.82, 2.24) is 9.88 Å². The van der Waals surface area contributed by atoms with E-state index < -0.39 is 21.5 Å². The summed E-state index contributed by atoms with van der Waals surface area (Å²) in [5.41, 5.74) is 0.572. The summed E-state index contributed by atoms with van der Waals surface area (Å²) in [4.78, 5) is 27.9. The summed E-state index contributed by atoms with van der Waals surface area (Å²) in [6, 6.07) is 11.4. The maximum absolute atomic E-state index is 12.8. The number of benzene rings is 2. The molecule has 10 heteroatoms. The number of pyridine rings is 1. The quantitative estimate of drug-likeness (QED) is 0.304. The van der Waals surface area contributed by atoms with E-state index in [1.54, 1.807) is 38.4 Å². The summed E-state index contributed by atoms with van der Waals surface area (Å²) in [5, 5.41) is 3.94. The molecule has 1 aromatic heterocycles. The molecule has 3 rings (SSSR count). The lowest BCUT2D eigenvalue weighted by molar-refractivity contribution is -0.108. The van der Waals surface area contributed by atoms with Crippen LogP contribution >= 0.6 is 11.6 Å². The van der Waals surface area contributed by atoms with Crippen LogP contribution < -0.4 is 10.9 Å². The molecule has 0 amide bonds. The number of aldehydes is 1. The minimum atomic E-state index is -4.08. The number of carbonyl (C=O) groups is 1. The first kappa shape index (κ1) is 22.5. The molecule has 0 saturated carbocycles. The van der Waals surface area contributed by atoms with E-state index in [0.717, 1.165) is 6.29 Å². The van der Waals surface area contributed by atoms with Gasteiger partial charge in [-0.05, 0) is 29.8 Å². The second-order valence-electron chi connectivity index (χ2n) is 7.05. The number of hydrogen-bond acceptors (Lipinski definition) is 5. The Morgan fingerprint density at radius 1 is 1.19 bits per heavy atom. The average Bonchev–Trinajstić information content (AvgIpc) is 2.74. The Hall–Kier alpha value is -3.17. The van der Waals surface area contributed by atoms with Crippen LogP contribution in [0.2, 0.25) is 5.02 Å². The highest BCUT2D eigenvalue weighted by atomic mass is 35.5. The number of H-pyrrole nitrogens is 1. The zero-order chi connectivity index (χ0) is 22.6. The highest BCUT2D eigenvalue weighted by Crippen LogP contribution is 2.28. The summed E-state index contributed by atoms with van der Waals surface area (Å²) in [5.74, 6) is -0.565. The SMILES string of the molecule is CN(C)C=NS(=O)(=O)c1cc(NCC(C=O)c2ccccc2Cl)cc2c(=O)[nH]ccc12. The monoisotopic (exact) mass is 460 g/mol. The summed E-state index contributed by atoms with van der Waals surface area (Å²) >= 11 is 6.19. The van der Waals surface area contributed by atoms with Crippen LogP contribution in [0, 0.1) is 0 Å². The lowest BCUT2D eigenvalue weighted by Gasteiger charge is -2.16. The summed E-state index contributed by atoms with van der Waals surface area (Å²) in [6.07, 6.45) is 3.32.